The number of nitrogens with two attached hydrogens (primary N) is 1. The Kier molecular flexibility index (Phi) is 3.84. The summed E-state index contributed by atoms with van der Waals surface area (Å²) in [6, 6.07) is 4.12. The molecule has 0 saturated heterocycles. The summed E-state index contributed by atoms with van der Waals surface area (Å²) < 4.78 is 0. The van der Waals surface area contributed by atoms with Gasteiger partial charge in [-0.15, -0.1) is 0 Å². The fourth-order valence-corrected chi connectivity index (χ4v) is 2.83. The van der Waals surface area contributed by atoms with Gasteiger partial charge in [0.15, 0.2) is 0 Å². The van der Waals surface area contributed by atoms with E-state index in [-0.39, 0.29) is 0 Å². The first-order valence-electron chi connectivity index (χ1n) is 7.15. The van der Waals surface area contributed by atoms with Crippen LogP contribution in [-0.2, 0) is 12.8 Å². The molecule has 0 aliphatic heterocycles. The third kappa shape index (κ3) is 3.03. The molecule has 1 aliphatic rings. The molecule has 0 aromatic carbocycles. The highest BCUT2D eigenvalue weighted by atomic mass is 32.1. The van der Waals surface area contributed by atoms with E-state index in [1.807, 2.05) is 19.2 Å². The largest absolute Gasteiger partial charge is 0.389 e. The standard InChI is InChI=1S/C16H18N4S/c1-10-6-12(9-18-8-10)19-16-13(15(17)21)7-11-4-2-3-5-14(11)20-16/h6-9H,2-5H2,1H3,(H2,17,21)(H,19,20). The van der Waals surface area contributed by atoms with Crippen LogP contribution in [0, 0.1) is 6.92 Å². The van der Waals surface area contributed by atoms with Gasteiger partial charge in [-0.05, 0) is 55.9 Å². The summed E-state index contributed by atoms with van der Waals surface area (Å²) in [5, 5.41) is 3.30. The van der Waals surface area contributed by atoms with Crippen molar-refractivity contribution in [3.63, 3.8) is 0 Å². The smallest absolute Gasteiger partial charge is 0.140 e. The van der Waals surface area contributed by atoms with Crippen LogP contribution in [0.5, 0.6) is 0 Å². The minimum atomic E-state index is 0.374. The second kappa shape index (κ2) is 5.77. The number of nitrogens with zero attached hydrogens (tertiary/aromatic N) is 2. The van der Waals surface area contributed by atoms with Gasteiger partial charge in [0, 0.05) is 11.9 Å². The van der Waals surface area contributed by atoms with Crippen LogP contribution in [0.2, 0.25) is 0 Å². The molecule has 108 valence electrons. The Labute approximate surface area is 129 Å². The molecule has 0 atom stereocenters. The van der Waals surface area contributed by atoms with Gasteiger partial charge in [0.25, 0.3) is 0 Å². The van der Waals surface area contributed by atoms with Crippen molar-refractivity contribution in [2.45, 2.75) is 32.6 Å². The number of anilines is 2. The highest BCUT2D eigenvalue weighted by Gasteiger charge is 2.16. The van der Waals surface area contributed by atoms with Gasteiger partial charge in [-0.3, -0.25) is 4.98 Å². The van der Waals surface area contributed by atoms with E-state index in [1.165, 1.54) is 18.4 Å². The summed E-state index contributed by atoms with van der Waals surface area (Å²) in [6.45, 7) is 2.01. The zero-order valence-electron chi connectivity index (χ0n) is 12.0. The van der Waals surface area contributed by atoms with Crippen molar-refractivity contribution in [1.29, 1.82) is 0 Å². The van der Waals surface area contributed by atoms with Crippen molar-refractivity contribution in [3.8, 4) is 0 Å². The first kappa shape index (κ1) is 13.9. The third-order valence-corrected chi connectivity index (χ3v) is 3.92. The van der Waals surface area contributed by atoms with Crippen molar-refractivity contribution in [3.05, 3.63) is 46.9 Å². The summed E-state index contributed by atoms with van der Waals surface area (Å²) in [5.41, 5.74) is 11.1. The van der Waals surface area contributed by atoms with Crippen molar-refractivity contribution < 1.29 is 0 Å². The van der Waals surface area contributed by atoms with Gasteiger partial charge in [0.2, 0.25) is 0 Å². The van der Waals surface area contributed by atoms with Crippen LogP contribution in [0.3, 0.4) is 0 Å². The quantitative estimate of drug-likeness (QED) is 0.853. The molecule has 21 heavy (non-hydrogen) atoms. The Morgan fingerprint density at radius 2 is 2.05 bits per heavy atom. The topological polar surface area (TPSA) is 63.8 Å². The van der Waals surface area contributed by atoms with E-state index >= 15 is 0 Å². The molecule has 1 aliphatic carbocycles. The fraction of sp³-hybridized carbons (Fsp3) is 0.312. The van der Waals surface area contributed by atoms with Crippen LogP contribution >= 0.6 is 12.2 Å². The number of aromatic nitrogens is 2. The van der Waals surface area contributed by atoms with Crippen LogP contribution in [0.1, 0.15) is 35.2 Å². The van der Waals surface area contributed by atoms with E-state index < -0.39 is 0 Å². The number of rotatable bonds is 3. The second-order valence-electron chi connectivity index (χ2n) is 5.44. The van der Waals surface area contributed by atoms with Crippen LogP contribution in [0.4, 0.5) is 11.5 Å². The highest BCUT2D eigenvalue weighted by molar-refractivity contribution is 7.80. The molecule has 0 amide bonds. The molecule has 2 aromatic rings. The van der Waals surface area contributed by atoms with Crippen molar-refractivity contribution in [2.24, 2.45) is 5.73 Å². The molecule has 2 aromatic heterocycles. The molecule has 0 spiro atoms. The van der Waals surface area contributed by atoms with Gasteiger partial charge in [-0.25, -0.2) is 4.98 Å². The Balaban J connectivity index is 2.01. The lowest BCUT2D eigenvalue weighted by Gasteiger charge is -2.19. The molecule has 3 rings (SSSR count). The van der Waals surface area contributed by atoms with E-state index in [4.69, 9.17) is 22.9 Å². The van der Waals surface area contributed by atoms with Crippen molar-refractivity contribution >= 4 is 28.7 Å². The molecule has 5 heteroatoms. The van der Waals surface area contributed by atoms with Gasteiger partial charge in [0.1, 0.15) is 10.8 Å². The normalized spacial score (nSPS) is 13.6. The molecule has 0 bridgehead atoms. The van der Waals surface area contributed by atoms with E-state index in [0.717, 1.165) is 41.2 Å². The molecular weight excluding hydrogens is 280 g/mol. The number of hydrogen-bond acceptors (Lipinski definition) is 4. The molecular formula is C16H18N4S. The summed E-state index contributed by atoms with van der Waals surface area (Å²) in [5.74, 6) is 0.732. The Morgan fingerprint density at radius 1 is 1.24 bits per heavy atom. The molecule has 0 unspecified atom stereocenters. The van der Waals surface area contributed by atoms with E-state index in [9.17, 15) is 0 Å². The number of aryl methyl sites for hydroxylation is 3. The first-order chi connectivity index (χ1) is 10.1. The zero-order valence-corrected chi connectivity index (χ0v) is 12.8. The van der Waals surface area contributed by atoms with Crippen LogP contribution in [0.25, 0.3) is 0 Å². The molecule has 0 fully saturated rings. The van der Waals surface area contributed by atoms with Crippen molar-refractivity contribution in [1.82, 2.24) is 9.97 Å². The summed E-state index contributed by atoms with van der Waals surface area (Å²) >= 11 is 5.18. The van der Waals surface area contributed by atoms with Crippen LogP contribution in [0.15, 0.2) is 24.5 Å². The average molecular weight is 298 g/mol. The van der Waals surface area contributed by atoms with Crippen LogP contribution < -0.4 is 11.1 Å². The fourth-order valence-electron chi connectivity index (χ4n) is 2.68. The predicted molar refractivity (Wildman–Crippen MR) is 89.0 cm³/mol. The highest BCUT2D eigenvalue weighted by Crippen LogP contribution is 2.26. The lowest BCUT2D eigenvalue weighted by molar-refractivity contribution is 0.668. The van der Waals surface area contributed by atoms with Gasteiger partial charge >= 0.3 is 0 Å². The molecule has 4 nitrogen and oxygen atoms in total. The predicted octanol–water partition coefficient (Wildman–Crippen LogP) is 3.04. The first-order valence-corrected chi connectivity index (χ1v) is 7.55. The number of nitrogens with one attached hydrogen (secondary N) is 1. The molecule has 3 N–H and O–H groups in total. The van der Waals surface area contributed by atoms with Gasteiger partial charge < -0.3 is 11.1 Å². The summed E-state index contributed by atoms with van der Waals surface area (Å²) in [4.78, 5) is 9.32. The lowest BCUT2D eigenvalue weighted by Crippen LogP contribution is -2.17. The van der Waals surface area contributed by atoms with E-state index in [2.05, 4.69) is 16.4 Å². The SMILES string of the molecule is Cc1cncc(Nc2nc3c(cc2C(N)=S)CCCC3)c1. The Bertz CT molecular complexity index is 697. The Morgan fingerprint density at radius 3 is 2.81 bits per heavy atom. The monoisotopic (exact) mass is 298 g/mol. The van der Waals surface area contributed by atoms with Gasteiger partial charge in [0.05, 0.1) is 17.4 Å². The van der Waals surface area contributed by atoms with E-state index in [1.54, 1.807) is 6.20 Å². The minimum absolute atomic E-state index is 0.374. The number of pyridine rings is 2. The van der Waals surface area contributed by atoms with Crippen molar-refractivity contribution in [2.75, 3.05) is 5.32 Å². The average Bonchev–Trinajstić information content (AvgIpc) is 2.46. The van der Waals surface area contributed by atoms with Gasteiger partial charge in [-0.1, -0.05) is 12.2 Å². The number of hydrogen-bond donors (Lipinski definition) is 2. The maximum Gasteiger partial charge on any atom is 0.140 e. The summed E-state index contributed by atoms with van der Waals surface area (Å²) in [7, 11) is 0. The molecule has 0 radical (unpaired) electrons. The molecule has 2 heterocycles. The zero-order chi connectivity index (χ0) is 14.8. The number of thiocarbonyl (C=S) groups is 1. The maximum absolute atomic E-state index is 5.87. The maximum atomic E-state index is 5.87. The number of fused-ring (bicyclic) bond motifs is 1. The van der Waals surface area contributed by atoms with E-state index in [0.29, 0.717) is 4.99 Å². The minimum Gasteiger partial charge on any atom is -0.389 e. The Hall–Kier alpha value is -2.01. The van der Waals surface area contributed by atoms with Gasteiger partial charge in [-0.2, -0.15) is 0 Å². The molecule has 0 saturated carbocycles. The van der Waals surface area contributed by atoms with Crippen LogP contribution in [-0.4, -0.2) is 15.0 Å². The third-order valence-electron chi connectivity index (χ3n) is 3.70. The lowest BCUT2D eigenvalue weighted by atomic mass is 9.94. The summed E-state index contributed by atoms with van der Waals surface area (Å²) in [6.07, 6.45) is 8.08. The second-order valence-corrected chi connectivity index (χ2v) is 5.88.